The fraction of sp³-hybridized carbons (Fsp3) is 0.214. The molecule has 0 aliphatic heterocycles. The second kappa shape index (κ2) is 7.66. The molecule has 0 unspecified atom stereocenters. The number of rotatable bonds is 7. The maximum Gasteiger partial charge on any atom is 0.237 e. The molecule has 2 aromatic heterocycles. The van der Waals surface area contributed by atoms with Gasteiger partial charge in [0.2, 0.25) is 23.6 Å². The highest BCUT2D eigenvalue weighted by Crippen LogP contribution is 2.20. The van der Waals surface area contributed by atoms with Gasteiger partial charge in [-0.3, -0.25) is 0 Å². The molecule has 25 heavy (non-hydrogen) atoms. The van der Waals surface area contributed by atoms with Crippen LogP contribution in [0.2, 0.25) is 0 Å². The Bertz CT molecular complexity index is 820. The third kappa shape index (κ3) is 4.70. The minimum Gasteiger partial charge on any atom is -0.497 e. The van der Waals surface area contributed by atoms with Crippen molar-refractivity contribution in [3.05, 3.63) is 36.0 Å². The summed E-state index contributed by atoms with van der Waals surface area (Å²) in [5, 5.41) is 4.25. The van der Waals surface area contributed by atoms with E-state index in [-0.39, 0.29) is 18.5 Å². The van der Waals surface area contributed by atoms with Crippen molar-refractivity contribution in [2.24, 2.45) is 0 Å². The SMILES string of the molecule is COc1ccc(OCc2noc(CSc3nc(N)nc(N)n3)n2)cc1. The fourth-order valence-corrected chi connectivity index (χ4v) is 2.49. The van der Waals surface area contributed by atoms with Crippen LogP contribution in [0, 0.1) is 0 Å². The molecule has 3 aromatic rings. The van der Waals surface area contributed by atoms with E-state index < -0.39 is 0 Å². The molecular formula is C14H15N7O3S. The first kappa shape index (κ1) is 16.8. The van der Waals surface area contributed by atoms with E-state index in [1.165, 1.54) is 11.8 Å². The number of anilines is 2. The Morgan fingerprint density at radius 3 is 2.36 bits per heavy atom. The Morgan fingerprint density at radius 2 is 1.68 bits per heavy atom. The average Bonchev–Trinajstić information content (AvgIpc) is 3.06. The molecule has 1 aromatic carbocycles. The van der Waals surface area contributed by atoms with E-state index in [2.05, 4.69) is 25.1 Å². The molecule has 130 valence electrons. The molecule has 0 saturated carbocycles. The smallest absolute Gasteiger partial charge is 0.237 e. The lowest BCUT2D eigenvalue weighted by Crippen LogP contribution is -2.03. The zero-order valence-electron chi connectivity index (χ0n) is 13.2. The molecule has 3 rings (SSSR count). The van der Waals surface area contributed by atoms with Gasteiger partial charge in [-0.25, -0.2) is 0 Å². The van der Waals surface area contributed by atoms with Crippen LogP contribution in [-0.2, 0) is 12.4 Å². The number of nitrogen functional groups attached to an aromatic ring is 2. The van der Waals surface area contributed by atoms with Crippen LogP contribution in [0.5, 0.6) is 11.5 Å². The zero-order valence-corrected chi connectivity index (χ0v) is 14.1. The van der Waals surface area contributed by atoms with Crippen molar-refractivity contribution < 1.29 is 14.0 Å². The van der Waals surface area contributed by atoms with Crippen LogP contribution in [0.4, 0.5) is 11.9 Å². The summed E-state index contributed by atoms with van der Waals surface area (Å²) in [4.78, 5) is 15.9. The maximum atomic E-state index is 5.59. The van der Waals surface area contributed by atoms with Crippen molar-refractivity contribution >= 4 is 23.7 Å². The minimum absolute atomic E-state index is 0.0640. The predicted molar refractivity (Wildman–Crippen MR) is 89.8 cm³/mol. The summed E-state index contributed by atoms with van der Waals surface area (Å²) in [6.45, 7) is 0.187. The van der Waals surface area contributed by atoms with E-state index in [1.54, 1.807) is 31.4 Å². The van der Waals surface area contributed by atoms with Gasteiger partial charge in [-0.1, -0.05) is 16.9 Å². The van der Waals surface area contributed by atoms with Crippen LogP contribution in [-0.4, -0.2) is 32.2 Å². The second-order valence-corrected chi connectivity index (χ2v) is 5.63. The molecule has 4 N–H and O–H groups in total. The summed E-state index contributed by atoms with van der Waals surface area (Å²) >= 11 is 1.26. The van der Waals surface area contributed by atoms with E-state index in [4.69, 9.17) is 25.5 Å². The third-order valence-corrected chi connectivity index (χ3v) is 3.74. The van der Waals surface area contributed by atoms with Gasteiger partial charge in [0.15, 0.2) is 11.8 Å². The molecule has 11 heteroatoms. The quantitative estimate of drug-likeness (QED) is 0.586. The molecular weight excluding hydrogens is 346 g/mol. The third-order valence-electron chi connectivity index (χ3n) is 2.91. The Hall–Kier alpha value is -3.08. The number of hydrogen-bond acceptors (Lipinski definition) is 11. The molecule has 0 bridgehead atoms. The van der Waals surface area contributed by atoms with Gasteiger partial charge < -0.3 is 25.5 Å². The first-order valence-electron chi connectivity index (χ1n) is 7.10. The molecule has 2 heterocycles. The topological polar surface area (TPSA) is 148 Å². The number of hydrogen-bond donors (Lipinski definition) is 2. The van der Waals surface area contributed by atoms with Gasteiger partial charge >= 0.3 is 0 Å². The first-order chi connectivity index (χ1) is 12.1. The lowest BCUT2D eigenvalue weighted by atomic mass is 10.3. The van der Waals surface area contributed by atoms with Crippen LogP contribution in [0.25, 0.3) is 0 Å². The summed E-state index contributed by atoms with van der Waals surface area (Å²) < 4.78 is 15.8. The summed E-state index contributed by atoms with van der Waals surface area (Å²) in [5.74, 6) is 2.78. The number of thioether (sulfide) groups is 1. The molecule has 0 atom stereocenters. The first-order valence-corrected chi connectivity index (χ1v) is 8.09. The van der Waals surface area contributed by atoms with Gasteiger partial charge in [0.25, 0.3) is 0 Å². The standard InChI is InChI=1S/C14H15N7O3S/c1-22-8-2-4-9(5-3-8)23-6-10-17-11(24-21-10)7-25-14-19-12(15)18-13(16)20-14/h2-5H,6-7H2,1H3,(H4,15,16,18,19,20). The van der Waals surface area contributed by atoms with Crippen molar-refractivity contribution in [2.75, 3.05) is 18.6 Å². The monoisotopic (exact) mass is 361 g/mol. The van der Waals surface area contributed by atoms with Crippen LogP contribution in [0.3, 0.4) is 0 Å². The van der Waals surface area contributed by atoms with E-state index in [9.17, 15) is 0 Å². The molecule has 0 aliphatic carbocycles. The summed E-state index contributed by atoms with van der Waals surface area (Å²) in [6, 6.07) is 7.20. The van der Waals surface area contributed by atoms with Crippen molar-refractivity contribution in [2.45, 2.75) is 17.5 Å². The predicted octanol–water partition coefficient (Wildman–Crippen LogP) is 1.30. The maximum absolute atomic E-state index is 5.59. The Kier molecular flexibility index (Phi) is 5.14. The lowest BCUT2D eigenvalue weighted by molar-refractivity contribution is 0.285. The molecule has 0 saturated heterocycles. The number of nitrogens with zero attached hydrogens (tertiary/aromatic N) is 5. The summed E-state index contributed by atoms with van der Waals surface area (Å²) in [7, 11) is 1.61. The number of aromatic nitrogens is 5. The van der Waals surface area contributed by atoms with E-state index >= 15 is 0 Å². The van der Waals surface area contributed by atoms with Gasteiger partial charge in [-0.05, 0) is 24.3 Å². The lowest BCUT2D eigenvalue weighted by Gasteiger charge is -2.04. The molecule has 0 aliphatic rings. The normalized spacial score (nSPS) is 10.6. The summed E-state index contributed by atoms with van der Waals surface area (Å²) in [6.07, 6.45) is 0. The molecule has 0 spiro atoms. The highest BCUT2D eigenvalue weighted by Gasteiger charge is 2.10. The van der Waals surface area contributed by atoms with E-state index in [0.717, 1.165) is 5.75 Å². The minimum atomic E-state index is 0.0640. The molecule has 10 nitrogen and oxygen atoms in total. The Labute approximate surface area is 147 Å². The number of methoxy groups -OCH3 is 1. The fourth-order valence-electron chi connectivity index (χ4n) is 1.81. The van der Waals surface area contributed by atoms with E-state index in [1.807, 2.05) is 0 Å². The number of nitrogens with two attached hydrogens (primary N) is 2. The number of ether oxygens (including phenoxy) is 2. The molecule has 0 radical (unpaired) electrons. The van der Waals surface area contributed by atoms with Crippen LogP contribution < -0.4 is 20.9 Å². The Morgan fingerprint density at radius 1 is 1.00 bits per heavy atom. The van der Waals surface area contributed by atoms with Gasteiger partial charge in [-0.15, -0.1) is 0 Å². The average molecular weight is 361 g/mol. The zero-order chi connectivity index (χ0) is 17.6. The van der Waals surface area contributed by atoms with Crippen LogP contribution >= 0.6 is 11.8 Å². The Balaban J connectivity index is 1.53. The largest absolute Gasteiger partial charge is 0.497 e. The van der Waals surface area contributed by atoms with Crippen molar-refractivity contribution in [1.82, 2.24) is 25.1 Å². The summed E-state index contributed by atoms with van der Waals surface area (Å²) in [5.41, 5.74) is 11.0. The van der Waals surface area contributed by atoms with Gasteiger partial charge in [0.05, 0.1) is 12.9 Å². The van der Waals surface area contributed by atoms with E-state index in [0.29, 0.717) is 28.4 Å². The molecule has 0 amide bonds. The van der Waals surface area contributed by atoms with Crippen molar-refractivity contribution in [3.8, 4) is 11.5 Å². The van der Waals surface area contributed by atoms with Gasteiger partial charge in [-0.2, -0.15) is 19.9 Å². The van der Waals surface area contributed by atoms with Crippen LogP contribution in [0.15, 0.2) is 33.9 Å². The second-order valence-electron chi connectivity index (χ2n) is 4.69. The van der Waals surface area contributed by atoms with Crippen molar-refractivity contribution in [1.29, 1.82) is 0 Å². The highest BCUT2D eigenvalue weighted by atomic mass is 32.2. The van der Waals surface area contributed by atoms with Gasteiger partial charge in [0.1, 0.15) is 11.5 Å². The number of benzene rings is 1. The van der Waals surface area contributed by atoms with Gasteiger partial charge in [0, 0.05) is 0 Å². The van der Waals surface area contributed by atoms with Crippen LogP contribution in [0.1, 0.15) is 11.7 Å². The van der Waals surface area contributed by atoms with Crippen molar-refractivity contribution in [3.63, 3.8) is 0 Å². The highest BCUT2D eigenvalue weighted by molar-refractivity contribution is 7.98. The molecule has 0 fully saturated rings.